The number of aryl methyl sites for hydroxylation is 1. The number of halogens is 1. The highest BCUT2D eigenvalue weighted by Gasteiger charge is 2.27. The Hall–Kier alpha value is -2.70. The zero-order chi connectivity index (χ0) is 19.2. The highest BCUT2D eigenvalue weighted by molar-refractivity contribution is 5.79. The number of nitrogens with zero attached hydrogens (tertiary/aromatic N) is 3. The molecule has 0 radical (unpaired) electrons. The molecule has 7 heteroatoms. The number of benzene rings is 1. The van der Waals surface area contributed by atoms with Crippen LogP contribution in [-0.2, 0) is 11.3 Å². The van der Waals surface area contributed by atoms with Gasteiger partial charge in [-0.25, -0.2) is 9.37 Å². The Morgan fingerprint density at radius 1 is 1.37 bits per heavy atom. The Morgan fingerprint density at radius 2 is 2.19 bits per heavy atom. The predicted octanol–water partition coefficient (Wildman–Crippen LogP) is 2.86. The molecule has 2 heterocycles. The van der Waals surface area contributed by atoms with E-state index in [9.17, 15) is 9.18 Å². The average Bonchev–Trinajstić information content (AvgIpc) is 2.67. The molecule has 27 heavy (non-hydrogen) atoms. The minimum atomic E-state index is -0.306. The fraction of sp³-hybridized carbons (Fsp3) is 0.450. The van der Waals surface area contributed by atoms with E-state index >= 15 is 0 Å². The van der Waals surface area contributed by atoms with Crippen molar-refractivity contribution in [3.05, 3.63) is 47.4 Å². The highest BCUT2D eigenvalue weighted by atomic mass is 19.1. The van der Waals surface area contributed by atoms with Crippen molar-refractivity contribution in [1.82, 2.24) is 15.3 Å². The largest absolute Gasteiger partial charge is 0.478 e. The molecule has 1 saturated heterocycles. The summed E-state index contributed by atoms with van der Waals surface area (Å²) in [5.74, 6) is 0.585. The number of ether oxygens (including phenoxy) is 1. The second-order valence-electron chi connectivity index (χ2n) is 6.67. The molecule has 1 aromatic carbocycles. The molecule has 0 bridgehead atoms. The number of aromatic nitrogens is 2. The van der Waals surface area contributed by atoms with E-state index in [1.165, 1.54) is 6.07 Å². The van der Waals surface area contributed by atoms with Crippen molar-refractivity contribution in [3.63, 3.8) is 0 Å². The summed E-state index contributed by atoms with van der Waals surface area (Å²) in [7, 11) is 0. The maximum atomic E-state index is 13.7. The molecular weight excluding hydrogens is 347 g/mol. The standard InChI is InChI=1S/C20H25FN4O2/c1-3-27-18-11-14(2)23-20(24-18)25-10-6-8-16(13-25)19(26)22-12-15-7-4-5-9-17(15)21/h4-5,7,9,11,16H,3,6,8,10,12-13H2,1-2H3,(H,22,26)/t16-/m1/s1. The third-order valence-corrected chi connectivity index (χ3v) is 4.60. The van der Waals surface area contributed by atoms with Gasteiger partial charge in [0.05, 0.1) is 12.5 Å². The van der Waals surface area contributed by atoms with Gasteiger partial charge in [-0.05, 0) is 32.8 Å². The van der Waals surface area contributed by atoms with E-state index < -0.39 is 0 Å². The van der Waals surface area contributed by atoms with Crippen LogP contribution in [-0.4, -0.2) is 35.6 Å². The molecule has 1 aliphatic rings. The van der Waals surface area contributed by atoms with Crippen LogP contribution in [0.15, 0.2) is 30.3 Å². The van der Waals surface area contributed by atoms with E-state index in [1.807, 2.05) is 18.7 Å². The lowest BCUT2D eigenvalue weighted by atomic mass is 9.97. The van der Waals surface area contributed by atoms with E-state index in [4.69, 9.17) is 4.74 Å². The lowest BCUT2D eigenvalue weighted by Gasteiger charge is -2.32. The van der Waals surface area contributed by atoms with E-state index in [0.29, 0.717) is 30.5 Å². The second kappa shape index (κ2) is 8.79. The molecule has 1 fully saturated rings. The Labute approximate surface area is 158 Å². The smallest absolute Gasteiger partial charge is 0.228 e. The van der Waals surface area contributed by atoms with Gasteiger partial charge in [-0.15, -0.1) is 0 Å². The number of hydrogen-bond donors (Lipinski definition) is 1. The zero-order valence-corrected chi connectivity index (χ0v) is 15.7. The number of nitrogens with one attached hydrogen (secondary N) is 1. The number of carbonyl (C=O) groups excluding carboxylic acids is 1. The molecule has 1 N–H and O–H groups in total. The molecular formula is C20H25FN4O2. The molecule has 0 unspecified atom stereocenters. The predicted molar refractivity (Wildman–Crippen MR) is 101 cm³/mol. The van der Waals surface area contributed by atoms with Crippen LogP contribution >= 0.6 is 0 Å². The van der Waals surface area contributed by atoms with Crippen molar-refractivity contribution < 1.29 is 13.9 Å². The molecule has 3 rings (SSSR count). The van der Waals surface area contributed by atoms with Gasteiger partial charge in [0.25, 0.3) is 0 Å². The summed E-state index contributed by atoms with van der Waals surface area (Å²) in [5.41, 5.74) is 1.32. The lowest BCUT2D eigenvalue weighted by molar-refractivity contribution is -0.125. The molecule has 0 aliphatic carbocycles. The van der Waals surface area contributed by atoms with E-state index in [0.717, 1.165) is 25.1 Å². The topological polar surface area (TPSA) is 67.3 Å². The van der Waals surface area contributed by atoms with Gasteiger partial charge in [-0.1, -0.05) is 18.2 Å². The van der Waals surface area contributed by atoms with Crippen molar-refractivity contribution >= 4 is 11.9 Å². The third kappa shape index (κ3) is 4.93. The minimum absolute atomic E-state index is 0.0689. The number of hydrogen-bond acceptors (Lipinski definition) is 5. The molecule has 1 atom stereocenters. The van der Waals surface area contributed by atoms with Gasteiger partial charge in [0.15, 0.2) is 0 Å². The first kappa shape index (κ1) is 19.1. The normalized spacial score (nSPS) is 16.9. The molecule has 0 spiro atoms. The summed E-state index contributed by atoms with van der Waals surface area (Å²) < 4.78 is 19.2. The maximum absolute atomic E-state index is 13.7. The van der Waals surface area contributed by atoms with Crippen LogP contribution < -0.4 is 15.0 Å². The highest BCUT2D eigenvalue weighted by Crippen LogP contribution is 2.23. The summed E-state index contributed by atoms with van der Waals surface area (Å²) in [4.78, 5) is 23.5. The van der Waals surface area contributed by atoms with Crippen LogP contribution in [0.5, 0.6) is 5.88 Å². The van der Waals surface area contributed by atoms with Crippen LogP contribution in [0.1, 0.15) is 31.0 Å². The van der Waals surface area contributed by atoms with Gasteiger partial charge in [-0.2, -0.15) is 4.98 Å². The SMILES string of the molecule is CCOc1cc(C)nc(N2CCC[C@@H](C(=O)NCc3ccccc3F)C2)n1. The van der Waals surface area contributed by atoms with Crippen molar-refractivity contribution in [2.24, 2.45) is 5.92 Å². The van der Waals surface area contributed by atoms with Crippen molar-refractivity contribution in [2.75, 3.05) is 24.6 Å². The lowest BCUT2D eigenvalue weighted by Crippen LogP contribution is -2.43. The minimum Gasteiger partial charge on any atom is -0.478 e. The summed E-state index contributed by atoms with van der Waals surface area (Å²) in [5, 5.41) is 2.85. The summed E-state index contributed by atoms with van der Waals surface area (Å²) in [6.45, 7) is 5.88. The van der Waals surface area contributed by atoms with Crippen LogP contribution in [0, 0.1) is 18.7 Å². The molecule has 2 aromatic rings. The number of amides is 1. The van der Waals surface area contributed by atoms with Gasteiger partial charge in [-0.3, -0.25) is 4.79 Å². The third-order valence-electron chi connectivity index (χ3n) is 4.60. The van der Waals surface area contributed by atoms with Crippen LogP contribution in [0.4, 0.5) is 10.3 Å². The Bertz CT molecular complexity index is 799. The van der Waals surface area contributed by atoms with Crippen LogP contribution in [0.2, 0.25) is 0 Å². The van der Waals surface area contributed by atoms with E-state index in [-0.39, 0.29) is 24.2 Å². The average molecular weight is 372 g/mol. The van der Waals surface area contributed by atoms with Crippen LogP contribution in [0.25, 0.3) is 0 Å². The number of rotatable bonds is 6. The van der Waals surface area contributed by atoms with Crippen LogP contribution in [0.3, 0.4) is 0 Å². The zero-order valence-electron chi connectivity index (χ0n) is 15.7. The van der Waals surface area contributed by atoms with E-state index in [2.05, 4.69) is 15.3 Å². The Kier molecular flexibility index (Phi) is 6.21. The Morgan fingerprint density at radius 3 is 2.96 bits per heavy atom. The second-order valence-corrected chi connectivity index (χ2v) is 6.67. The van der Waals surface area contributed by atoms with Crippen molar-refractivity contribution in [2.45, 2.75) is 33.2 Å². The van der Waals surface area contributed by atoms with Gasteiger partial charge < -0.3 is 15.0 Å². The fourth-order valence-electron chi connectivity index (χ4n) is 3.23. The Balaban J connectivity index is 1.63. The summed E-state index contributed by atoms with van der Waals surface area (Å²) in [6, 6.07) is 8.28. The molecule has 6 nitrogen and oxygen atoms in total. The molecule has 1 aliphatic heterocycles. The van der Waals surface area contributed by atoms with E-state index in [1.54, 1.807) is 24.3 Å². The fourth-order valence-corrected chi connectivity index (χ4v) is 3.23. The molecule has 1 aromatic heterocycles. The maximum Gasteiger partial charge on any atom is 0.228 e. The summed E-state index contributed by atoms with van der Waals surface area (Å²) in [6.07, 6.45) is 1.67. The monoisotopic (exact) mass is 372 g/mol. The molecule has 0 saturated carbocycles. The van der Waals surface area contributed by atoms with Crippen molar-refractivity contribution in [1.29, 1.82) is 0 Å². The number of piperidine rings is 1. The molecule has 144 valence electrons. The summed E-state index contributed by atoms with van der Waals surface area (Å²) >= 11 is 0. The van der Waals surface area contributed by atoms with Gasteiger partial charge >= 0.3 is 0 Å². The molecule has 1 amide bonds. The van der Waals surface area contributed by atoms with Gasteiger partial charge in [0, 0.05) is 37.0 Å². The first-order valence-electron chi connectivity index (χ1n) is 9.31. The first-order chi connectivity index (χ1) is 13.1. The quantitative estimate of drug-likeness (QED) is 0.845. The number of anilines is 1. The van der Waals surface area contributed by atoms with Crippen molar-refractivity contribution in [3.8, 4) is 5.88 Å². The first-order valence-corrected chi connectivity index (χ1v) is 9.31. The van der Waals surface area contributed by atoms with Gasteiger partial charge in [0.2, 0.25) is 17.7 Å². The number of carbonyl (C=O) groups is 1. The van der Waals surface area contributed by atoms with Gasteiger partial charge in [0.1, 0.15) is 5.82 Å².